The fourth-order valence-electron chi connectivity index (χ4n) is 2.61. The first-order chi connectivity index (χ1) is 16.3. The van der Waals surface area contributed by atoms with Gasteiger partial charge in [-0.3, -0.25) is 14.5 Å². The maximum Gasteiger partial charge on any atom is 0.417 e. The van der Waals surface area contributed by atoms with Gasteiger partial charge in [0, 0.05) is 29.9 Å². The van der Waals surface area contributed by atoms with Gasteiger partial charge in [-0.15, -0.1) is 0 Å². The molecule has 0 aromatic carbocycles. The molecule has 1 aliphatic rings. The van der Waals surface area contributed by atoms with Crippen LogP contribution in [0.4, 0.5) is 10.6 Å². The molecule has 8 nitrogen and oxygen atoms in total. The van der Waals surface area contributed by atoms with Gasteiger partial charge in [0.1, 0.15) is 11.4 Å². The highest BCUT2D eigenvalue weighted by atomic mass is 32.2. The first-order valence-electron chi connectivity index (χ1n) is 12.2. The van der Waals surface area contributed by atoms with E-state index in [4.69, 9.17) is 4.74 Å². The first-order valence-corrected chi connectivity index (χ1v) is 13.4. The van der Waals surface area contributed by atoms with Crippen LogP contribution in [0.1, 0.15) is 81.2 Å². The molecule has 1 atom stereocenters. The summed E-state index contributed by atoms with van der Waals surface area (Å²) in [6.07, 6.45) is 4.58. The number of hydrogen-bond donors (Lipinski definition) is 0. The number of hydrogen-bond acceptors (Lipinski definition) is 7. The van der Waals surface area contributed by atoms with Crippen molar-refractivity contribution in [2.75, 3.05) is 17.7 Å². The number of carbonyl (C=O) groups excluding carboxylic acids is 3. The molecule has 1 fully saturated rings. The minimum atomic E-state index is -0.539. The third-order valence-electron chi connectivity index (χ3n) is 4.50. The van der Waals surface area contributed by atoms with Gasteiger partial charge in [-0.1, -0.05) is 66.8 Å². The molecule has 2 rings (SSSR count). The van der Waals surface area contributed by atoms with Gasteiger partial charge in [-0.05, 0) is 46.3 Å². The SMILES string of the molecule is C=C(C(C)C)N(C=O)c1nc(SC)ncc1C.CC.CC.CC1CCN(C(=O)OC(C)(C)C)C1=O. The predicted octanol–water partition coefficient (Wildman–Crippen LogP) is 6.48. The Labute approximate surface area is 216 Å². The number of amides is 3. The zero-order valence-corrected chi connectivity index (χ0v) is 24.6. The van der Waals surface area contributed by atoms with Crippen LogP contribution in [0.3, 0.4) is 0 Å². The summed E-state index contributed by atoms with van der Waals surface area (Å²) in [4.78, 5) is 45.3. The van der Waals surface area contributed by atoms with Gasteiger partial charge < -0.3 is 4.74 Å². The zero-order chi connectivity index (χ0) is 27.9. The quantitative estimate of drug-likeness (QED) is 0.254. The Hall–Kier alpha value is -2.42. The van der Waals surface area contributed by atoms with E-state index in [9.17, 15) is 14.4 Å². The second kappa shape index (κ2) is 17.1. The van der Waals surface area contributed by atoms with E-state index in [1.54, 1.807) is 27.0 Å². The maximum absolute atomic E-state index is 11.5. The minimum absolute atomic E-state index is 0.0532. The lowest BCUT2D eigenvalue weighted by atomic mass is 10.1. The molecule has 1 unspecified atom stereocenters. The number of allylic oxidation sites excluding steroid dienone is 1. The molecule has 2 heterocycles. The second-order valence-electron chi connectivity index (χ2n) is 8.64. The van der Waals surface area contributed by atoms with Gasteiger partial charge in [0.15, 0.2) is 5.16 Å². The predicted molar refractivity (Wildman–Crippen MR) is 145 cm³/mol. The highest BCUT2D eigenvalue weighted by Crippen LogP contribution is 2.24. The van der Waals surface area contributed by atoms with E-state index in [2.05, 4.69) is 16.5 Å². The summed E-state index contributed by atoms with van der Waals surface area (Å²) >= 11 is 1.45. The van der Waals surface area contributed by atoms with Crippen LogP contribution in [-0.4, -0.2) is 51.7 Å². The van der Waals surface area contributed by atoms with Gasteiger partial charge >= 0.3 is 6.09 Å². The smallest absolute Gasteiger partial charge is 0.417 e. The van der Waals surface area contributed by atoms with E-state index in [1.165, 1.54) is 21.6 Å². The molecule has 0 aliphatic carbocycles. The number of ether oxygens (including phenoxy) is 1. The lowest BCUT2D eigenvalue weighted by Crippen LogP contribution is -2.38. The van der Waals surface area contributed by atoms with Gasteiger partial charge in [0.25, 0.3) is 0 Å². The van der Waals surface area contributed by atoms with E-state index in [1.807, 2.05) is 61.6 Å². The molecule has 9 heteroatoms. The van der Waals surface area contributed by atoms with E-state index in [0.717, 1.165) is 24.1 Å². The van der Waals surface area contributed by atoms with Gasteiger partial charge in [-0.25, -0.2) is 19.7 Å². The molecule has 0 spiro atoms. The Bertz CT molecular complexity index is 822. The molecule has 1 aliphatic heterocycles. The minimum Gasteiger partial charge on any atom is -0.443 e. The van der Waals surface area contributed by atoms with E-state index in [0.29, 0.717) is 17.5 Å². The van der Waals surface area contributed by atoms with E-state index >= 15 is 0 Å². The Kier molecular flexibility index (Phi) is 17.0. The number of likely N-dealkylation sites (tertiary alicyclic amines) is 1. The summed E-state index contributed by atoms with van der Waals surface area (Å²) in [5.41, 5.74) is 1.05. The summed E-state index contributed by atoms with van der Waals surface area (Å²) in [6, 6.07) is 0. The van der Waals surface area contributed by atoms with Gasteiger partial charge in [0.2, 0.25) is 12.3 Å². The lowest BCUT2D eigenvalue weighted by molar-refractivity contribution is -0.129. The molecule has 1 aromatic rings. The number of rotatable bonds is 5. The number of thioether (sulfide) groups is 1. The number of aryl methyl sites for hydroxylation is 1. The molecule has 200 valence electrons. The number of carbonyl (C=O) groups is 3. The van der Waals surface area contributed by atoms with Crippen molar-refractivity contribution in [1.29, 1.82) is 0 Å². The van der Waals surface area contributed by atoms with Gasteiger partial charge in [-0.2, -0.15) is 0 Å². The molecule has 0 saturated carbocycles. The van der Waals surface area contributed by atoms with Crippen LogP contribution in [0.5, 0.6) is 0 Å². The van der Waals surface area contributed by atoms with Crippen molar-refractivity contribution >= 4 is 36.0 Å². The topological polar surface area (TPSA) is 92.7 Å². The number of aromatic nitrogens is 2. The van der Waals surface area contributed by atoms with Crippen molar-refractivity contribution in [2.45, 2.75) is 93.3 Å². The summed E-state index contributed by atoms with van der Waals surface area (Å²) in [6.45, 7) is 25.5. The summed E-state index contributed by atoms with van der Waals surface area (Å²) in [5.74, 6) is 0.618. The van der Waals surface area contributed by atoms with Crippen molar-refractivity contribution in [1.82, 2.24) is 14.9 Å². The third kappa shape index (κ3) is 11.7. The van der Waals surface area contributed by atoms with Crippen molar-refractivity contribution in [3.05, 3.63) is 24.0 Å². The largest absolute Gasteiger partial charge is 0.443 e. The Morgan fingerprint density at radius 1 is 1.29 bits per heavy atom. The second-order valence-corrected chi connectivity index (χ2v) is 9.42. The van der Waals surface area contributed by atoms with Crippen LogP contribution in [0.2, 0.25) is 0 Å². The molecular weight excluding hydrogens is 464 g/mol. The normalized spacial score (nSPS) is 14.5. The first kappa shape index (κ1) is 34.7. The maximum atomic E-state index is 11.5. The Morgan fingerprint density at radius 2 is 1.83 bits per heavy atom. The van der Waals surface area contributed by atoms with E-state index < -0.39 is 11.7 Å². The van der Waals surface area contributed by atoms with Crippen LogP contribution in [0.15, 0.2) is 23.6 Å². The molecule has 1 aromatic heterocycles. The fourth-order valence-corrected chi connectivity index (χ4v) is 2.95. The lowest BCUT2D eigenvalue weighted by Gasteiger charge is -2.23. The number of nitrogens with zero attached hydrogens (tertiary/aromatic N) is 4. The number of imide groups is 1. The monoisotopic (exact) mass is 510 g/mol. The number of anilines is 1. The molecule has 35 heavy (non-hydrogen) atoms. The van der Waals surface area contributed by atoms with Crippen LogP contribution in [-0.2, 0) is 14.3 Å². The fraction of sp³-hybridized carbons (Fsp3) is 0.654. The van der Waals surface area contributed by atoms with Crippen molar-refractivity contribution in [3.8, 4) is 0 Å². The summed E-state index contributed by atoms with van der Waals surface area (Å²) in [7, 11) is 0. The van der Waals surface area contributed by atoms with Crippen molar-refractivity contribution < 1.29 is 19.1 Å². The molecule has 1 saturated heterocycles. The third-order valence-corrected chi connectivity index (χ3v) is 5.06. The average Bonchev–Trinajstić information content (AvgIpc) is 3.15. The molecule has 0 radical (unpaired) electrons. The van der Waals surface area contributed by atoms with Crippen LogP contribution in [0.25, 0.3) is 0 Å². The Balaban J connectivity index is 0. The highest BCUT2D eigenvalue weighted by molar-refractivity contribution is 7.98. The molecular formula is C26H46N4O4S. The van der Waals surface area contributed by atoms with Crippen LogP contribution >= 0.6 is 11.8 Å². The molecule has 0 bridgehead atoms. The summed E-state index contributed by atoms with van der Waals surface area (Å²) < 4.78 is 5.11. The summed E-state index contributed by atoms with van der Waals surface area (Å²) in [5, 5.41) is 0.647. The molecule has 3 amide bonds. The average molecular weight is 511 g/mol. The van der Waals surface area contributed by atoms with Crippen LogP contribution < -0.4 is 4.90 Å². The van der Waals surface area contributed by atoms with E-state index in [-0.39, 0.29) is 17.7 Å². The van der Waals surface area contributed by atoms with Crippen molar-refractivity contribution in [3.63, 3.8) is 0 Å². The Morgan fingerprint density at radius 3 is 2.20 bits per heavy atom. The standard InChI is InChI=1S/C12H17N3OS.C10H17NO3.2C2H6/c1-8(2)10(4)15(7-16)11-9(3)6-13-12(14-11)17-5;1-7-5-6-11(8(7)12)9(13)14-10(2,3)4;2*1-2/h6-8H,4H2,1-3,5H3;7H,5-6H2,1-4H3;2*1-2H3. The van der Waals surface area contributed by atoms with Crippen molar-refractivity contribution in [2.24, 2.45) is 11.8 Å². The zero-order valence-electron chi connectivity index (χ0n) is 23.8. The van der Waals surface area contributed by atoms with Gasteiger partial charge in [0.05, 0.1) is 0 Å². The highest BCUT2D eigenvalue weighted by Gasteiger charge is 2.35. The van der Waals surface area contributed by atoms with Crippen LogP contribution in [0, 0.1) is 18.8 Å². The molecule has 0 N–H and O–H groups in total.